The van der Waals surface area contributed by atoms with Gasteiger partial charge in [-0.25, -0.2) is 4.79 Å². The zero-order valence-electron chi connectivity index (χ0n) is 17.4. The number of benzene rings is 2. The third-order valence-electron chi connectivity index (χ3n) is 4.93. The number of amides is 1. The summed E-state index contributed by atoms with van der Waals surface area (Å²) in [6, 6.07) is 15.0. The highest BCUT2D eigenvalue weighted by Gasteiger charge is 2.14. The van der Waals surface area contributed by atoms with Crippen LogP contribution in [0.3, 0.4) is 0 Å². The van der Waals surface area contributed by atoms with Gasteiger partial charge in [0.05, 0.1) is 16.7 Å². The Morgan fingerprint density at radius 2 is 1.81 bits per heavy atom. The van der Waals surface area contributed by atoms with Crippen molar-refractivity contribution in [2.24, 2.45) is 0 Å². The van der Waals surface area contributed by atoms with Gasteiger partial charge in [-0.15, -0.1) is 5.10 Å². The molecule has 9 nitrogen and oxygen atoms in total. The molecule has 31 heavy (non-hydrogen) atoms. The molecule has 4 aromatic rings. The molecule has 4 rings (SSSR count). The van der Waals surface area contributed by atoms with E-state index in [1.807, 2.05) is 61.7 Å². The average Bonchev–Trinajstić information content (AvgIpc) is 3.36. The molecule has 0 aliphatic carbocycles. The van der Waals surface area contributed by atoms with E-state index in [-0.39, 0.29) is 18.0 Å². The lowest BCUT2D eigenvalue weighted by Crippen LogP contribution is -2.26. The molecule has 0 saturated heterocycles. The van der Waals surface area contributed by atoms with Crippen molar-refractivity contribution < 1.29 is 4.79 Å². The molecule has 0 saturated carbocycles. The van der Waals surface area contributed by atoms with Crippen molar-refractivity contribution in [2.75, 3.05) is 11.6 Å². The van der Waals surface area contributed by atoms with Crippen molar-refractivity contribution in [1.29, 1.82) is 0 Å². The fourth-order valence-corrected chi connectivity index (χ4v) is 3.98. The Labute approximate surface area is 183 Å². The van der Waals surface area contributed by atoms with Gasteiger partial charge in [-0.2, -0.15) is 4.68 Å². The molecule has 1 N–H and O–H groups in total. The number of para-hydroxylation sites is 2. The minimum Gasteiger partial charge on any atom is -0.326 e. The van der Waals surface area contributed by atoms with Crippen LogP contribution in [0.2, 0.25) is 0 Å². The van der Waals surface area contributed by atoms with E-state index in [9.17, 15) is 9.59 Å². The monoisotopic (exact) mass is 437 g/mol. The highest BCUT2D eigenvalue weighted by atomic mass is 32.2. The van der Waals surface area contributed by atoms with Crippen LogP contribution in [0, 0.1) is 0 Å². The summed E-state index contributed by atoms with van der Waals surface area (Å²) in [5.41, 5.74) is 3.06. The second kappa shape index (κ2) is 9.17. The van der Waals surface area contributed by atoms with Gasteiger partial charge in [-0.05, 0) is 53.4 Å². The van der Waals surface area contributed by atoms with Crippen LogP contribution in [-0.4, -0.2) is 41.5 Å². The largest absolute Gasteiger partial charge is 0.329 e. The van der Waals surface area contributed by atoms with E-state index >= 15 is 0 Å². The topological polar surface area (TPSA) is 99.6 Å². The maximum Gasteiger partial charge on any atom is 0.329 e. The summed E-state index contributed by atoms with van der Waals surface area (Å²) in [6.45, 7) is 3.00. The third kappa shape index (κ3) is 4.24. The molecule has 0 atom stereocenters. The van der Waals surface area contributed by atoms with Crippen LogP contribution in [0.15, 0.2) is 58.5 Å². The van der Waals surface area contributed by atoms with Crippen LogP contribution in [-0.2, 0) is 17.9 Å². The van der Waals surface area contributed by atoms with Crippen molar-refractivity contribution in [3.8, 4) is 5.69 Å². The molecule has 160 valence electrons. The van der Waals surface area contributed by atoms with Crippen LogP contribution in [0.25, 0.3) is 16.7 Å². The number of tetrazole rings is 1. The molecule has 0 unspecified atom stereocenters. The summed E-state index contributed by atoms with van der Waals surface area (Å²) >= 11 is 1.44. The van der Waals surface area contributed by atoms with Gasteiger partial charge in [-0.3, -0.25) is 13.9 Å². The number of fused-ring (bicyclic) bond motifs is 1. The number of nitrogens with zero attached hydrogens (tertiary/aromatic N) is 6. The Hall–Kier alpha value is -3.40. The summed E-state index contributed by atoms with van der Waals surface area (Å²) in [6.07, 6.45) is 2.95. The number of imidazole rings is 1. The first kappa shape index (κ1) is 20.9. The molecular weight excluding hydrogens is 414 g/mol. The van der Waals surface area contributed by atoms with Crippen molar-refractivity contribution in [3.63, 3.8) is 0 Å². The highest BCUT2D eigenvalue weighted by Crippen LogP contribution is 2.19. The smallest absolute Gasteiger partial charge is 0.326 e. The number of hydrogen-bond acceptors (Lipinski definition) is 6. The first-order valence-electron chi connectivity index (χ1n) is 10.0. The summed E-state index contributed by atoms with van der Waals surface area (Å²) < 4.78 is 5.06. The standard InChI is InChI=1S/C21H23N7O2S/c1-3-12-26-17-9-4-5-10-18(17)27(21(26)30)13-11-19(29)22-15-7-6-8-16(14-15)28-20(31-2)23-24-25-28/h4-10,14H,3,11-13H2,1-2H3,(H,22,29). The number of hydrogen-bond donors (Lipinski definition) is 1. The van der Waals surface area contributed by atoms with Gasteiger partial charge in [0, 0.05) is 25.2 Å². The Balaban J connectivity index is 1.49. The van der Waals surface area contributed by atoms with E-state index in [1.54, 1.807) is 13.8 Å². The Morgan fingerprint density at radius 1 is 1.06 bits per heavy atom. The molecule has 0 aliphatic rings. The van der Waals surface area contributed by atoms with Gasteiger partial charge >= 0.3 is 5.69 Å². The van der Waals surface area contributed by atoms with Crippen LogP contribution >= 0.6 is 11.8 Å². The Bertz CT molecular complexity index is 1270. The number of aromatic nitrogens is 6. The maximum absolute atomic E-state index is 12.9. The molecule has 2 aromatic heterocycles. The lowest BCUT2D eigenvalue weighted by Gasteiger charge is -2.08. The predicted octanol–water partition coefficient (Wildman–Crippen LogP) is 2.94. The fraction of sp³-hybridized carbons (Fsp3) is 0.286. The van der Waals surface area contributed by atoms with Crippen LogP contribution in [0.1, 0.15) is 19.8 Å². The molecule has 1 amide bonds. The number of anilines is 1. The summed E-state index contributed by atoms with van der Waals surface area (Å²) in [5.74, 6) is -0.168. The zero-order chi connectivity index (χ0) is 21.8. The number of thioether (sulfide) groups is 1. The van der Waals surface area contributed by atoms with Gasteiger partial charge in [-0.1, -0.05) is 36.9 Å². The number of rotatable bonds is 8. The summed E-state index contributed by atoms with van der Waals surface area (Å²) in [7, 11) is 0. The van der Waals surface area contributed by atoms with E-state index in [0.717, 1.165) is 23.1 Å². The number of aryl methyl sites for hydroxylation is 2. The van der Waals surface area contributed by atoms with Gasteiger partial charge in [0.1, 0.15) is 0 Å². The fourth-order valence-electron chi connectivity index (χ4n) is 3.55. The summed E-state index contributed by atoms with van der Waals surface area (Å²) in [5, 5.41) is 15.2. The quantitative estimate of drug-likeness (QED) is 0.426. The van der Waals surface area contributed by atoms with Gasteiger partial charge < -0.3 is 5.32 Å². The second-order valence-electron chi connectivity index (χ2n) is 7.00. The van der Waals surface area contributed by atoms with E-state index in [4.69, 9.17) is 0 Å². The minimum absolute atomic E-state index is 0.0823. The van der Waals surface area contributed by atoms with Crippen molar-refractivity contribution in [3.05, 3.63) is 59.0 Å². The molecular formula is C21H23N7O2S. The van der Waals surface area contributed by atoms with Crippen molar-refractivity contribution in [2.45, 2.75) is 38.0 Å². The normalized spacial score (nSPS) is 11.2. The molecule has 2 heterocycles. The maximum atomic E-state index is 12.9. The minimum atomic E-state index is -0.168. The number of nitrogens with one attached hydrogen (secondary N) is 1. The zero-order valence-corrected chi connectivity index (χ0v) is 18.2. The molecule has 0 fully saturated rings. The lowest BCUT2D eigenvalue weighted by molar-refractivity contribution is -0.116. The van der Waals surface area contributed by atoms with Gasteiger partial charge in [0.15, 0.2) is 0 Å². The first-order valence-corrected chi connectivity index (χ1v) is 11.3. The lowest BCUT2D eigenvalue weighted by atomic mass is 10.2. The first-order chi connectivity index (χ1) is 15.1. The van der Waals surface area contributed by atoms with E-state index in [1.165, 1.54) is 11.8 Å². The predicted molar refractivity (Wildman–Crippen MR) is 121 cm³/mol. The average molecular weight is 438 g/mol. The molecule has 0 radical (unpaired) electrons. The highest BCUT2D eigenvalue weighted by molar-refractivity contribution is 7.98. The van der Waals surface area contributed by atoms with Crippen molar-refractivity contribution >= 4 is 34.4 Å². The Morgan fingerprint density at radius 3 is 2.52 bits per heavy atom. The second-order valence-corrected chi connectivity index (χ2v) is 7.77. The van der Waals surface area contributed by atoms with Gasteiger partial charge in [0.2, 0.25) is 11.1 Å². The van der Waals surface area contributed by atoms with Crippen LogP contribution in [0.5, 0.6) is 0 Å². The third-order valence-corrected chi connectivity index (χ3v) is 5.55. The van der Waals surface area contributed by atoms with E-state index in [2.05, 4.69) is 20.8 Å². The van der Waals surface area contributed by atoms with E-state index < -0.39 is 0 Å². The summed E-state index contributed by atoms with van der Waals surface area (Å²) in [4.78, 5) is 25.5. The molecule has 10 heteroatoms. The SMILES string of the molecule is CCCn1c(=O)n(CCC(=O)Nc2cccc(-n3nnnc3SC)c2)c2ccccc21. The van der Waals surface area contributed by atoms with Crippen LogP contribution < -0.4 is 11.0 Å². The number of carbonyl (C=O) groups excluding carboxylic acids is 1. The number of carbonyl (C=O) groups is 1. The van der Waals surface area contributed by atoms with Crippen LogP contribution in [0.4, 0.5) is 5.69 Å². The molecule has 2 aromatic carbocycles. The Kier molecular flexibility index (Phi) is 6.17. The molecule has 0 spiro atoms. The molecule has 0 bridgehead atoms. The molecule has 0 aliphatic heterocycles. The van der Waals surface area contributed by atoms with Gasteiger partial charge in [0.25, 0.3) is 0 Å². The van der Waals surface area contributed by atoms with E-state index in [0.29, 0.717) is 23.9 Å². The van der Waals surface area contributed by atoms with Crippen molar-refractivity contribution in [1.82, 2.24) is 29.3 Å².